The van der Waals surface area contributed by atoms with Crippen LogP contribution in [-0.2, 0) is 11.2 Å². The lowest BCUT2D eigenvalue weighted by Gasteiger charge is -2.29. The predicted octanol–water partition coefficient (Wildman–Crippen LogP) is 16.0. The van der Waals surface area contributed by atoms with Gasteiger partial charge in [0, 0.05) is 18.4 Å². The molecule has 370 valence electrons. The molecule has 4 aromatic carbocycles. The van der Waals surface area contributed by atoms with Gasteiger partial charge in [-0.2, -0.15) is 8.78 Å². The number of ether oxygens (including phenoxy) is 3. The first-order valence-electron chi connectivity index (χ1n) is 25.4. The molecule has 2 fully saturated rings. The van der Waals surface area contributed by atoms with Gasteiger partial charge in [-0.25, -0.2) is 4.79 Å². The monoisotopic (exact) mass is 943 g/mol. The Morgan fingerprint density at radius 3 is 1.90 bits per heavy atom. The maximum absolute atomic E-state index is 14.9. The van der Waals surface area contributed by atoms with Crippen LogP contribution >= 0.6 is 0 Å². The molecule has 1 aliphatic heterocycles. The van der Waals surface area contributed by atoms with Crippen LogP contribution in [0.4, 0.5) is 8.78 Å². The number of halogens is 2. The van der Waals surface area contributed by atoms with Crippen molar-refractivity contribution in [2.24, 2.45) is 11.8 Å². The van der Waals surface area contributed by atoms with Gasteiger partial charge in [-0.1, -0.05) is 120 Å². The van der Waals surface area contributed by atoms with Gasteiger partial charge in [-0.05, 0) is 164 Å². The number of carbonyl (C=O) groups is 1. The lowest BCUT2D eigenvalue weighted by atomic mass is 9.76. The second-order valence-corrected chi connectivity index (χ2v) is 18.9. The molecule has 6 nitrogen and oxygen atoms in total. The highest BCUT2D eigenvalue weighted by atomic mass is 19.1. The van der Waals surface area contributed by atoms with E-state index >= 15 is 0 Å². The van der Waals surface area contributed by atoms with Crippen molar-refractivity contribution in [2.45, 2.75) is 148 Å². The predicted molar refractivity (Wildman–Crippen MR) is 282 cm³/mol. The third-order valence-corrected chi connectivity index (χ3v) is 14.1. The molecule has 1 aromatic heterocycles. The highest BCUT2D eigenvalue weighted by molar-refractivity contribution is 5.84. The molecule has 2 aliphatic carbocycles. The minimum Gasteiger partial charge on any atom is -0.490 e. The summed E-state index contributed by atoms with van der Waals surface area (Å²) in [4.78, 5) is 25.5. The SMILES string of the molecule is C#CC#CC#CC1CCC(c2ccc(-c3cc4ccc(OCCCC)c(F)c4oc3=O)cc2)CC1.CCCCCC1CCC(c2ccc(C3Cc4ccc(OCCCC)c(F)c4OC3=O)cc2)CC1.[HH].[HH].[HH].[HH].[HH]. The Labute approximate surface area is 415 Å². The lowest BCUT2D eigenvalue weighted by Crippen LogP contribution is -2.26. The van der Waals surface area contributed by atoms with Crippen molar-refractivity contribution in [3.05, 3.63) is 123 Å². The van der Waals surface area contributed by atoms with Crippen LogP contribution in [0.5, 0.6) is 17.2 Å². The molecule has 3 aliphatic rings. The number of hydrogen-bond donors (Lipinski definition) is 0. The molecule has 0 N–H and O–H groups in total. The van der Waals surface area contributed by atoms with Crippen LogP contribution in [0.25, 0.3) is 22.1 Å². The number of esters is 1. The molecule has 8 rings (SSSR count). The topological polar surface area (TPSA) is 75.0 Å². The largest absolute Gasteiger partial charge is 0.490 e. The standard InChI is InChI=1S/C31H27FO3.C30H39FO3.5H2/c1-3-5-7-8-9-22-10-12-23(13-11-22)24-14-16-25(17-15-24)27-21-26-18-19-28(34-20-6-4-2)29(32)30(26)35-31(27)33;1-3-5-7-8-21-9-11-22(12-10-21)23-13-15-24(16-14-23)26-20-25-17-18-27(33-19-6-4-2)28(31)29(25)34-30(26)32;;;;;/h1,14-19,21-23H,4,6,10-13,20H2,2H3;13-18,21-22,26H,3-12,19-20H2,1-2H3;5*1H. The molecule has 69 heavy (non-hydrogen) atoms. The molecule has 0 amide bonds. The highest BCUT2D eigenvalue weighted by Crippen LogP contribution is 2.42. The van der Waals surface area contributed by atoms with E-state index in [4.69, 9.17) is 25.1 Å². The molecule has 0 saturated heterocycles. The van der Waals surface area contributed by atoms with Crippen molar-refractivity contribution in [3.63, 3.8) is 0 Å². The first-order chi connectivity index (χ1) is 33.7. The molecule has 2 saturated carbocycles. The Morgan fingerprint density at radius 1 is 0.667 bits per heavy atom. The summed E-state index contributed by atoms with van der Waals surface area (Å²) in [6.07, 6.45) is 23.9. The summed E-state index contributed by atoms with van der Waals surface area (Å²) in [6.45, 7) is 7.24. The average molecular weight is 943 g/mol. The number of unbranched alkanes of at least 4 members (excludes halogenated alkanes) is 4. The Balaban J connectivity index is 0.000000475. The Morgan fingerprint density at radius 2 is 1.26 bits per heavy atom. The number of rotatable bonds is 16. The Kier molecular flexibility index (Phi) is 18.6. The molecular weight excluding hydrogens is 867 g/mol. The number of hydrogen-bond acceptors (Lipinski definition) is 6. The van der Waals surface area contributed by atoms with Crippen LogP contribution in [0.1, 0.15) is 171 Å². The van der Waals surface area contributed by atoms with Gasteiger partial charge in [0.1, 0.15) is 0 Å². The van der Waals surface area contributed by atoms with E-state index in [-0.39, 0.29) is 30.0 Å². The van der Waals surface area contributed by atoms with Crippen molar-refractivity contribution < 1.29 is 39.3 Å². The van der Waals surface area contributed by atoms with E-state index in [1.54, 1.807) is 24.3 Å². The summed E-state index contributed by atoms with van der Waals surface area (Å²) in [6, 6.07) is 25.0. The van der Waals surface area contributed by atoms with Crippen LogP contribution in [0.15, 0.2) is 88.1 Å². The maximum Gasteiger partial charge on any atom is 0.344 e. The second kappa shape index (κ2) is 25.3. The van der Waals surface area contributed by atoms with Gasteiger partial charge in [0.15, 0.2) is 22.8 Å². The maximum atomic E-state index is 14.9. The first-order valence-corrected chi connectivity index (χ1v) is 25.4. The summed E-state index contributed by atoms with van der Waals surface area (Å²) < 4.78 is 51.6. The molecule has 1 atom stereocenters. The van der Waals surface area contributed by atoms with Crippen LogP contribution in [-0.4, -0.2) is 19.2 Å². The van der Waals surface area contributed by atoms with Crippen molar-refractivity contribution in [2.75, 3.05) is 13.2 Å². The number of terminal acetylenes is 1. The molecule has 5 aromatic rings. The summed E-state index contributed by atoms with van der Waals surface area (Å²) >= 11 is 0. The molecular formula is C61H76F2O6. The van der Waals surface area contributed by atoms with Gasteiger partial charge >= 0.3 is 11.6 Å². The molecule has 2 heterocycles. The van der Waals surface area contributed by atoms with Gasteiger partial charge < -0.3 is 18.6 Å². The Bertz CT molecular complexity index is 2750. The van der Waals surface area contributed by atoms with Crippen LogP contribution < -0.4 is 19.8 Å². The average Bonchev–Trinajstić information content (AvgIpc) is 3.38. The van der Waals surface area contributed by atoms with Gasteiger partial charge in [-0.3, -0.25) is 4.79 Å². The normalized spacial score (nSPS) is 19.5. The molecule has 8 heteroatoms. The van der Waals surface area contributed by atoms with Crippen molar-refractivity contribution in [3.8, 4) is 64.4 Å². The van der Waals surface area contributed by atoms with Crippen molar-refractivity contribution >= 4 is 16.9 Å². The zero-order valence-corrected chi connectivity index (χ0v) is 40.6. The van der Waals surface area contributed by atoms with E-state index in [0.717, 1.165) is 74.0 Å². The van der Waals surface area contributed by atoms with E-state index in [2.05, 4.69) is 79.8 Å². The number of fused-ring (bicyclic) bond motifs is 2. The van der Waals surface area contributed by atoms with Crippen LogP contribution in [0.2, 0.25) is 0 Å². The van der Waals surface area contributed by atoms with E-state index in [1.165, 1.54) is 62.5 Å². The highest BCUT2D eigenvalue weighted by Gasteiger charge is 2.33. The quantitative estimate of drug-likeness (QED) is 0.0323. The Hall–Kier alpha value is -6.30. The molecule has 1 unspecified atom stereocenters. The van der Waals surface area contributed by atoms with E-state index in [1.807, 2.05) is 25.1 Å². The molecule has 0 spiro atoms. The summed E-state index contributed by atoms with van der Waals surface area (Å²) in [7, 11) is 0. The third-order valence-electron chi connectivity index (χ3n) is 14.1. The zero-order valence-electron chi connectivity index (χ0n) is 40.6. The van der Waals surface area contributed by atoms with Gasteiger partial charge in [-0.15, -0.1) is 6.42 Å². The number of carbonyl (C=O) groups excluding carboxylic acids is 1. The minimum absolute atomic E-state index is 0. The smallest absolute Gasteiger partial charge is 0.344 e. The molecule has 0 radical (unpaired) electrons. The van der Waals surface area contributed by atoms with Gasteiger partial charge in [0.05, 0.1) is 24.7 Å². The zero-order chi connectivity index (χ0) is 48.5. The summed E-state index contributed by atoms with van der Waals surface area (Å²) in [5, 5.41) is 0.524. The van der Waals surface area contributed by atoms with Crippen molar-refractivity contribution in [1.29, 1.82) is 0 Å². The van der Waals surface area contributed by atoms with E-state index in [0.29, 0.717) is 48.3 Å². The fourth-order valence-corrected chi connectivity index (χ4v) is 9.97. The van der Waals surface area contributed by atoms with Gasteiger partial charge in [0.2, 0.25) is 11.6 Å². The molecule has 0 bridgehead atoms. The lowest BCUT2D eigenvalue weighted by molar-refractivity contribution is -0.137. The van der Waals surface area contributed by atoms with E-state index < -0.39 is 29.1 Å². The second-order valence-electron chi connectivity index (χ2n) is 18.9. The minimum atomic E-state index is -0.638. The third kappa shape index (κ3) is 13.3. The van der Waals surface area contributed by atoms with E-state index in [9.17, 15) is 18.4 Å². The fourth-order valence-electron chi connectivity index (χ4n) is 9.97. The van der Waals surface area contributed by atoms with Crippen molar-refractivity contribution in [1.82, 2.24) is 0 Å². The van der Waals surface area contributed by atoms with Gasteiger partial charge in [0.25, 0.3) is 0 Å². The first kappa shape index (κ1) is 50.6. The van der Waals surface area contributed by atoms with Crippen LogP contribution in [0.3, 0.4) is 0 Å². The fraction of sp³-hybridized carbons (Fsp3) is 0.443. The summed E-state index contributed by atoms with van der Waals surface area (Å²) in [5.74, 6) is 14.1. The summed E-state index contributed by atoms with van der Waals surface area (Å²) in [5.41, 5.74) is 4.80. The number of benzene rings is 4. The van der Waals surface area contributed by atoms with Crippen LogP contribution in [0, 0.1) is 59.5 Å².